The Hall–Kier alpha value is -3.69. The van der Waals surface area contributed by atoms with Crippen molar-refractivity contribution in [3.63, 3.8) is 0 Å². The summed E-state index contributed by atoms with van der Waals surface area (Å²) in [4.78, 5) is 36.8. The van der Waals surface area contributed by atoms with Gasteiger partial charge in [-0.3, -0.25) is 0 Å². The SMILES string of the molecule is CCOC(=O)C1=C(COC(=O)c2nn(-c3ccc(F)cc3)c3c2CCCC3)NC(=O)NC1. The molecule has 1 aliphatic heterocycles. The number of esters is 2. The lowest BCUT2D eigenvalue weighted by Crippen LogP contribution is -2.45. The van der Waals surface area contributed by atoms with Crippen LogP contribution in [-0.2, 0) is 27.1 Å². The van der Waals surface area contributed by atoms with Crippen molar-refractivity contribution in [3.8, 4) is 5.69 Å². The number of carbonyl (C=O) groups excluding carboxylic acids is 3. The van der Waals surface area contributed by atoms with E-state index in [-0.39, 0.29) is 42.5 Å². The van der Waals surface area contributed by atoms with Crippen LogP contribution < -0.4 is 10.6 Å². The molecule has 0 atom stereocenters. The maximum atomic E-state index is 13.3. The third-order valence-electron chi connectivity index (χ3n) is 5.37. The summed E-state index contributed by atoms with van der Waals surface area (Å²) < 4.78 is 25.4. The van der Waals surface area contributed by atoms with Gasteiger partial charge in [-0.15, -0.1) is 0 Å². The molecule has 0 radical (unpaired) electrons. The van der Waals surface area contributed by atoms with Gasteiger partial charge in [0.2, 0.25) is 0 Å². The highest BCUT2D eigenvalue weighted by Crippen LogP contribution is 2.27. The molecular weight excluding hydrogens is 419 g/mol. The summed E-state index contributed by atoms with van der Waals surface area (Å²) in [5, 5.41) is 9.46. The van der Waals surface area contributed by atoms with Crippen molar-refractivity contribution in [2.75, 3.05) is 19.8 Å². The maximum Gasteiger partial charge on any atom is 0.359 e. The summed E-state index contributed by atoms with van der Waals surface area (Å²) in [6.45, 7) is 1.52. The van der Waals surface area contributed by atoms with E-state index in [0.29, 0.717) is 12.1 Å². The molecule has 32 heavy (non-hydrogen) atoms. The first-order valence-corrected chi connectivity index (χ1v) is 10.5. The molecule has 1 aromatic carbocycles. The minimum atomic E-state index is -0.660. The lowest BCUT2D eigenvalue weighted by molar-refractivity contribution is -0.138. The van der Waals surface area contributed by atoms with E-state index in [0.717, 1.165) is 30.5 Å². The number of halogens is 1. The summed E-state index contributed by atoms with van der Waals surface area (Å²) >= 11 is 0. The van der Waals surface area contributed by atoms with E-state index in [1.807, 2.05) is 0 Å². The number of hydrogen-bond acceptors (Lipinski definition) is 6. The third-order valence-corrected chi connectivity index (χ3v) is 5.37. The van der Waals surface area contributed by atoms with Gasteiger partial charge in [0, 0.05) is 11.3 Å². The number of benzene rings is 1. The second-order valence-electron chi connectivity index (χ2n) is 7.43. The van der Waals surface area contributed by atoms with Crippen LogP contribution in [-0.4, -0.2) is 47.5 Å². The van der Waals surface area contributed by atoms with Gasteiger partial charge in [0.15, 0.2) is 5.69 Å². The summed E-state index contributed by atoms with van der Waals surface area (Å²) in [6, 6.07) is 5.39. The number of nitrogens with zero attached hydrogens (tertiary/aromatic N) is 2. The Balaban J connectivity index is 1.59. The lowest BCUT2D eigenvalue weighted by atomic mass is 9.95. The second kappa shape index (κ2) is 9.21. The van der Waals surface area contributed by atoms with Gasteiger partial charge < -0.3 is 20.1 Å². The fourth-order valence-electron chi connectivity index (χ4n) is 3.83. The van der Waals surface area contributed by atoms with Gasteiger partial charge in [-0.05, 0) is 56.9 Å². The van der Waals surface area contributed by atoms with Crippen molar-refractivity contribution in [2.45, 2.75) is 32.6 Å². The molecule has 2 amide bonds. The third kappa shape index (κ3) is 4.34. The van der Waals surface area contributed by atoms with Crippen LogP contribution in [0.2, 0.25) is 0 Å². The molecular formula is C22H23FN4O5. The van der Waals surface area contributed by atoms with Crippen LogP contribution in [0.15, 0.2) is 35.5 Å². The van der Waals surface area contributed by atoms with Gasteiger partial charge in [0.05, 0.1) is 30.1 Å². The van der Waals surface area contributed by atoms with Crippen molar-refractivity contribution in [1.29, 1.82) is 0 Å². The smallest absolute Gasteiger partial charge is 0.359 e. The van der Waals surface area contributed by atoms with E-state index < -0.39 is 18.0 Å². The number of ether oxygens (including phenoxy) is 2. The van der Waals surface area contributed by atoms with E-state index in [4.69, 9.17) is 9.47 Å². The molecule has 2 aliphatic rings. The standard InChI is InChI=1S/C22H23FN4O5/c1-2-31-20(28)16-11-24-22(30)25-17(16)12-32-21(29)19-15-5-3-4-6-18(15)27(26-19)14-9-7-13(23)8-10-14/h7-10H,2-6,11-12H2,1H3,(H2,24,25,30). The minimum Gasteiger partial charge on any atom is -0.463 e. The Morgan fingerprint density at radius 3 is 2.62 bits per heavy atom. The van der Waals surface area contributed by atoms with Crippen LogP contribution in [0.1, 0.15) is 41.5 Å². The number of carbonyl (C=O) groups is 3. The van der Waals surface area contributed by atoms with Crippen molar-refractivity contribution < 1.29 is 28.2 Å². The molecule has 0 bridgehead atoms. The number of fused-ring (bicyclic) bond motifs is 1. The lowest BCUT2D eigenvalue weighted by Gasteiger charge is -2.21. The van der Waals surface area contributed by atoms with E-state index in [9.17, 15) is 18.8 Å². The average molecular weight is 442 g/mol. The van der Waals surface area contributed by atoms with E-state index >= 15 is 0 Å². The molecule has 1 aliphatic carbocycles. The molecule has 0 fully saturated rings. The molecule has 0 spiro atoms. The van der Waals surface area contributed by atoms with Crippen molar-refractivity contribution in [2.24, 2.45) is 0 Å². The summed E-state index contributed by atoms with van der Waals surface area (Å²) in [6.07, 6.45) is 3.30. The van der Waals surface area contributed by atoms with Crippen LogP contribution in [0.4, 0.5) is 9.18 Å². The fraction of sp³-hybridized carbons (Fsp3) is 0.364. The molecule has 2 N–H and O–H groups in total. The first-order valence-electron chi connectivity index (χ1n) is 10.5. The number of amides is 2. The van der Waals surface area contributed by atoms with Crippen LogP contribution >= 0.6 is 0 Å². The molecule has 2 heterocycles. The Morgan fingerprint density at radius 2 is 1.88 bits per heavy atom. The quantitative estimate of drug-likeness (QED) is 0.664. The van der Waals surface area contributed by atoms with Gasteiger partial charge in [-0.25, -0.2) is 23.5 Å². The van der Waals surface area contributed by atoms with Crippen LogP contribution in [0.5, 0.6) is 0 Å². The summed E-state index contributed by atoms with van der Waals surface area (Å²) in [5.41, 5.74) is 2.91. The monoisotopic (exact) mass is 442 g/mol. The highest BCUT2D eigenvalue weighted by molar-refractivity contribution is 5.94. The van der Waals surface area contributed by atoms with Crippen LogP contribution in [0.3, 0.4) is 0 Å². The van der Waals surface area contributed by atoms with E-state index in [2.05, 4.69) is 15.7 Å². The predicted octanol–water partition coefficient (Wildman–Crippen LogP) is 2.18. The first-order chi connectivity index (χ1) is 15.5. The van der Waals surface area contributed by atoms with Gasteiger partial charge in [-0.1, -0.05) is 0 Å². The van der Waals surface area contributed by atoms with Gasteiger partial charge in [0.1, 0.15) is 12.4 Å². The van der Waals surface area contributed by atoms with E-state index in [1.165, 1.54) is 12.1 Å². The molecule has 0 saturated heterocycles. The molecule has 9 nitrogen and oxygen atoms in total. The highest BCUT2D eigenvalue weighted by Gasteiger charge is 2.28. The second-order valence-corrected chi connectivity index (χ2v) is 7.43. The average Bonchev–Trinajstić information content (AvgIpc) is 3.18. The summed E-state index contributed by atoms with van der Waals surface area (Å²) in [7, 11) is 0. The zero-order valence-electron chi connectivity index (χ0n) is 17.6. The van der Waals surface area contributed by atoms with Crippen LogP contribution in [0.25, 0.3) is 5.69 Å². The molecule has 168 valence electrons. The predicted molar refractivity (Wildman–Crippen MR) is 111 cm³/mol. The molecule has 1 aromatic heterocycles. The largest absolute Gasteiger partial charge is 0.463 e. The Bertz CT molecular complexity index is 1090. The Kier molecular flexibility index (Phi) is 6.20. The zero-order valence-corrected chi connectivity index (χ0v) is 17.6. The number of urea groups is 1. The normalized spacial score (nSPS) is 15.5. The van der Waals surface area contributed by atoms with Crippen molar-refractivity contribution in [1.82, 2.24) is 20.4 Å². The number of nitrogens with one attached hydrogen (secondary N) is 2. The molecule has 10 heteroatoms. The van der Waals surface area contributed by atoms with Gasteiger partial charge >= 0.3 is 18.0 Å². The molecule has 4 rings (SSSR count). The Labute approximate surface area is 183 Å². The minimum absolute atomic E-state index is 0.0217. The number of rotatable bonds is 6. The Morgan fingerprint density at radius 1 is 1.12 bits per heavy atom. The molecule has 0 unspecified atom stereocenters. The van der Waals surface area contributed by atoms with Gasteiger partial charge in [0.25, 0.3) is 0 Å². The van der Waals surface area contributed by atoms with E-state index in [1.54, 1.807) is 23.7 Å². The fourth-order valence-corrected chi connectivity index (χ4v) is 3.83. The topological polar surface area (TPSA) is 112 Å². The highest BCUT2D eigenvalue weighted by atomic mass is 19.1. The molecule has 0 saturated carbocycles. The number of hydrogen-bond donors (Lipinski definition) is 2. The first kappa shape index (κ1) is 21.5. The maximum absolute atomic E-state index is 13.3. The molecule has 2 aromatic rings. The van der Waals surface area contributed by atoms with Crippen molar-refractivity contribution in [3.05, 3.63) is 58.3 Å². The zero-order chi connectivity index (χ0) is 22.7. The summed E-state index contributed by atoms with van der Waals surface area (Å²) in [5.74, 6) is -1.61. The van der Waals surface area contributed by atoms with Gasteiger partial charge in [-0.2, -0.15) is 5.10 Å². The van der Waals surface area contributed by atoms with Crippen molar-refractivity contribution >= 4 is 18.0 Å². The number of aromatic nitrogens is 2. The van der Waals surface area contributed by atoms with Crippen LogP contribution in [0, 0.1) is 5.82 Å².